The number of hydrogen-bond acceptors (Lipinski definition) is 3. The normalized spacial score (nSPS) is 11.8. The fourth-order valence-electron chi connectivity index (χ4n) is 1.51. The van der Waals surface area contributed by atoms with Crippen molar-refractivity contribution in [2.45, 2.75) is 12.5 Å². The van der Waals surface area contributed by atoms with Crippen LogP contribution in [0.2, 0.25) is 0 Å². The highest BCUT2D eigenvalue weighted by Crippen LogP contribution is 2.21. The van der Waals surface area contributed by atoms with E-state index in [9.17, 15) is 18.4 Å². The minimum atomic E-state index is -0.959. The Morgan fingerprint density at radius 2 is 2.11 bits per heavy atom. The van der Waals surface area contributed by atoms with Gasteiger partial charge in [-0.25, -0.2) is 8.78 Å². The zero-order valence-electron chi connectivity index (χ0n) is 10.1. The van der Waals surface area contributed by atoms with Crippen molar-refractivity contribution in [1.29, 1.82) is 0 Å². The van der Waals surface area contributed by atoms with E-state index in [1.54, 1.807) is 0 Å². The molecule has 0 saturated heterocycles. The van der Waals surface area contributed by atoms with Gasteiger partial charge in [0, 0.05) is 11.6 Å². The molecule has 1 aromatic rings. The first kappa shape index (κ1) is 15.4. The molecule has 7 heteroatoms. The van der Waals surface area contributed by atoms with Crippen molar-refractivity contribution in [2.24, 2.45) is 0 Å². The van der Waals surface area contributed by atoms with Gasteiger partial charge >= 0.3 is 5.97 Å². The number of amides is 1. The molecule has 1 aromatic carbocycles. The Morgan fingerprint density at radius 1 is 1.42 bits per heavy atom. The van der Waals surface area contributed by atoms with Crippen LogP contribution in [0, 0.1) is 11.6 Å². The quantitative estimate of drug-likeness (QED) is 0.666. The molecule has 0 aliphatic carbocycles. The highest BCUT2D eigenvalue weighted by Gasteiger charge is 2.21. The van der Waals surface area contributed by atoms with Gasteiger partial charge < -0.3 is 10.1 Å². The summed E-state index contributed by atoms with van der Waals surface area (Å²) in [7, 11) is 1.17. The van der Waals surface area contributed by atoms with Gasteiger partial charge in [-0.2, -0.15) is 0 Å². The lowest BCUT2D eigenvalue weighted by Gasteiger charge is -2.18. The number of carbonyl (C=O) groups excluding carboxylic acids is 2. The van der Waals surface area contributed by atoms with Crippen LogP contribution in [0.25, 0.3) is 0 Å². The fourth-order valence-corrected chi connectivity index (χ4v) is 1.58. The van der Waals surface area contributed by atoms with Crippen molar-refractivity contribution in [2.75, 3.05) is 13.0 Å². The number of esters is 1. The maximum atomic E-state index is 13.6. The summed E-state index contributed by atoms with van der Waals surface area (Å²) in [6.45, 7) is 0. The van der Waals surface area contributed by atoms with Crippen molar-refractivity contribution < 1.29 is 23.1 Å². The van der Waals surface area contributed by atoms with Gasteiger partial charge in [0.1, 0.15) is 17.5 Å². The number of alkyl halides is 1. The van der Waals surface area contributed by atoms with Gasteiger partial charge in [0.15, 0.2) is 0 Å². The maximum Gasteiger partial charge on any atom is 0.307 e. The number of benzene rings is 1. The zero-order chi connectivity index (χ0) is 14.4. The lowest BCUT2D eigenvalue weighted by molar-refractivity contribution is -0.141. The van der Waals surface area contributed by atoms with Crippen LogP contribution in [-0.2, 0) is 14.3 Å². The third kappa shape index (κ3) is 4.48. The smallest absolute Gasteiger partial charge is 0.307 e. The van der Waals surface area contributed by atoms with E-state index in [-0.39, 0.29) is 17.9 Å². The Bertz CT molecular complexity index is 464. The van der Waals surface area contributed by atoms with Crippen LogP contribution in [0.1, 0.15) is 18.0 Å². The predicted octanol–water partition coefficient (Wildman–Crippen LogP) is 1.92. The van der Waals surface area contributed by atoms with E-state index in [2.05, 4.69) is 10.1 Å². The molecule has 0 saturated carbocycles. The van der Waals surface area contributed by atoms with Crippen LogP contribution in [0.5, 0.6) is 0 Å². The second-order valence-electron chi connectivity index (χ2n) is 3.70. The summed E-state index contributed by atoms with van der Waals surface area (Å²) in [6.07, 6.45) is -0.276. The Balaban J connectivity index is 3.00. The number of carbonyl (C=O) groups is 2. The third-order valence-electron chi connectivity index (χ3n) is 2.39. The first-order chi connectivity index (χ1) is 8.97. The number of halogens is 3. The van der Waals surface area contributed by atoms with Crippen molar-refractivity contribution in [3.8, 4) is 0 Å². The molecule has 104 valence electrons. The Morgan fingerprint density at radius 3 is 2.63 bits per heavy atom. The molecule has 1 unspecified atom stereocenters. The predicted molar refractivity (Wildman–Crippen MR) is 64.6 cm³/mol. The molecule has 0 aliphatic heterocycles. The van der Waals surface area contributed by atoms with E-state index in [0.29, 0.717) is 6.07 Å². The topological polar surface area (TPSA) is 55.4 Å². The molecule has 1 amide bonds. The summed E-state index contributed by atoms with van der Waals surface area (Å²) >= 11 is 5.34. The Hall–Kier alpha value is -1.69. The average molecular weight is 292 g/mol. The highest BCUT2D eigenvalue weighted by atomic mass is 35.5. The van der Waals surface area contributed by atoms with Crippen LogP contribution in [0.15, 0.2) is 18.2 Å². The van der Waals surface area contributed by atoms with Crippen LogP contribution in [-0.4, -0.2) is 24.9 Å². The minimum absolute atomic E-state index is 0.00901. The largest absolute Gasteiger partial charge is 0.469 e. The summed E-state index contributed by atoms with van der Waals surface area (Å²) in [5, 5.41) is 2.37. The van der Waals surface area contributed by atoms with Crippen molar-refractivity contribution in [3.05, 3.63) is 35.4 Å². The summed E-state index contributed by atoms with van der Waals surface area (Å²) < 4.78 is 30.9. The van der Waals surface area contributed by atoms with Crippen LogP contribution in [0.4, 0.5) is 8.78 Å². The van der Waals surface area contributed by atoms with Gasteiger partial charge in [-0.1, -0.05) is 6.07 Å². The van der Waals surface area contributed by atoms with Crippen LogP contribution in [0.3, 0.4) is 0 Å². The summed E-state index contributed by atoms with van der Waals surface area (Å²) in [5.41, 5.74) is -0.00901. The second-order valence-corrected chi connectivity index (χ2v) is 3.97. The lowest BCUT2D eigenvalue weighted by Crippen LogP contribution is -2.31. The molecule has 1 rings (SSSR count). The van der Waals surface area contributed by atoms with Crippen LogP contribution >= 0.6 is 11.6 Å². The standard InChI is InChI=1S/C12H12ClF2NO3/c1-19-12(18)5-10(16-11(17)6-13)8-3-2-7(14)4-9(8)15/h2-4,10H,5-6H2,1H3,(H,16,17). The summed E-state index contributed by atoms with van der Waals surface area (Å²) in [5.74, 6) is -3.14. The lowest BCUT2D eigenvalue weighted by atomic mass is 10.0. The van der Waals surface area contributed by atoms with E-state index < -0.39 is 29.6 Å². The molecular formula is C12H12ClF2NO3. The SMILES string of the molecule is COC(=O)CC(NC(=O)CCl)c1ccc(F)cc1F. The molecule has 19 heavy (non-hydrogen) atoms. The molecule has 0 bridgehead atoms. The van der Waals surface area contributed by atoms with Crippen molar-refractivity contribution in [3.63, 3.8) is 0 Å². The molecular weight excluding hydrogens is 280 g/mol. The van der Waals surface area contributed by atoms with Crippen LogP contribution < -0.4 is 5.32 Å². The Kier molecular flexibility index (Phi) is 5.69. The maximum absolute atomic E-state index is 13.6. The first-order valence-electron chi connectivity index (χ1n) is 5.35. The molecule has 0 fully saturated rings. The monoisotopic (exact) mass is 291 g/mol. The molecule has 0 spiro atoms. The number of rotatable bonds is 5. The van der Waals surface area contributed by atoms with Gasteiger partial charge in [-0.3, -0.25) is 9.59 Å². The fraction of sp³-hybridized carbons (Fsp3) is 0.333. The first-order valence-corrected chi connectivity index (χ1v) is 5.88. The molecule has 1 N–H and O–H groups in total. The van der Waals surface area contributed by atoms with E-state index in [4.69, 9.17) is 11.6 Å². The van der Waals surface area contributed by atoms with Gasteiger partial charge in [-0.15, -0.1) is 11.6 Å². The highest BCUT2D eigenvalue weighted by molar-refractivity contribution is 6.27. The van der Waals surface area contributed by atoms with E-state index >= 15 is 0 Å². The molecule has 0 aromatic heterocycles. The molecule has 4 nitrogen and oxygen atoms in total. The number of methoxy groups -OCH3 is 1. The molecule has 0 heterocycles. The van der Waals surface area contributed by atoms with Gasteiger partial charge in [0.05, 0.1) is 19.6 Å². The summed E-state index contributed by atoms with van der Waals surface area (Å²) in [6, 6.07) is 1.91. The third-order valence-corrected chi connectivity index (χ3v) is 2.64. The van der Waals surface area contributed by atoms with Crippen molar-refractivity contribution >= 4 is 23.5 Å². The van der Waals surface area contributed by atoms with E-state index in [1.165, 1.54) is 7.11 Å². The van der Waals surface area contributed by atoms with Gasteiger partial charge in [0.25, 0.3) is 0 Å². The second kappa shape index (κ2) is 7.04. The van der Waals surface area contributed by atoms with Crippen molar-refractivity contribution in [1.82, 2.24) is 5.32 Å². The van der Waals surface area contributed by atoms with E-state index in [0.717, 1.165) is 12.1 Å². The zero-order valence-corrected chi connectivity index (χ0v) is 10.8. The average Bonchev–Trinajstić information content (AvgIpc) is 2.37. The molecule has 0 radical (unpaired) electrons. The molecule has 1 atom stereocenters. The number of hydrogen-bond donors (Lipinski definition) is 1. The van der Waals surface area contributed by atoms with E-state index in [1.807, 2.05) is 0 Å². The van der Waals surface area contributed by atoms with Gasteiger partial charge in [0.2, 0.25) is 5.91 Å². The minimum Gasteiger partial charge on any atom is -0.469 e. The summed E-state index contributed by atoms with van der Waals surface area (Å²) in [4.78, 5) is 22.5. The molecule has 0 aliphatic rings. The van der Waals surface area contributed by atoms with Gasteiger partial charge in [-0.05, 0) is 6.07 Å². The Labute approximate surface area is 113 Å². The number of nitrogens with one attached hydrogen (secondary N) is 1. The number of ether oxygens (including phenoxy) is 1.